The fourth-order valence-electron chi connectivity index (χ4n) is 4.19. The van der Waals surface area contributed by atoms with Gasteiger partial charge in [-0.2, -0.15) is 0 Å². The van der Waals surface area contributed by atoms with Gasteiger partial charge in [0.25, 0.3) is 0 Å². The van der Waals surface area contributed by atoms with E-state index in [1.807, 2.05) is 7.11 Å². The molecule has 1 saturated heterocycles. The van der Waals surface area contributed by atoms with E-state index < -0.39 is 0 Å². The molecule has 2 atom stereocenters. The van der Waals surface area contributed by atoms with Crippen molar-refractivity contribution in [2.24, 2.45) is 5.92 Å². The van der Waals surface area contributed by atoms with Crippen molar-refractivity contribution in [2.75, 3.05) is 33.4 Å². The van der Waals surface area contributed by atoms with Gasteiger partial charge in [0.15, 0.2) is 0 Å². The summed E-state index contributed by atoms with van der Waals surface area (Å²) < 4.78 is 5.33. The van der Waals surface area contributed by atoms with Crippen molar-refractivity contribution in [3.05, 3.63) is 0 Å². The molecule has 0 amide bonds. The normalized spacial score (nSPS) is 19.9. The summed E-state index contributed by atoms with van der Waals surface area (Å²) in [5, 5.41) is 3.90. The first-order valence-corrected chi connectivity index (χ1v) is 9.13. The summed E-state index contributed by atoms with van der Waals surface area (Å²) in [6.07, 6.45) is 7.57. The van der Waals surface area contributed by atoms with Crippen molar-refractivity contribution in [3.8, 4) is 0 Å². The standard InChI is InChI=1S/C18H38N2O/c1-6-12-19-17(16(4)11-15-21-5)18(7-2,8-3)20-13-9-10-14-20/h16-17,19H,6-15H2,1-5H3. The molecule has 0 aliphatic carbocycles. The lowest BCUT2D eigenvalue weighted by molar-refractivity contribution is 0.0331. The van der Waals surface area contributed by atoms with E-state index in [1.54, 1.807) is 0 Å². The van der Waals surface area contributed by atoms with E-state index in [4.69, 9.17) is 4.74 Å². The maximum atomic E-state index is 5.33. The molecule has 1 heterocycles. The second-order valence-corrected chi connectivity index (χ2v) is 6.70. The number of nitrogens with zero attached hydrogens (tertiary/aromatic N) is 1. The fraction of sp³-hybridized carbons (Fsp3) is 1.00. The highest BCUT2D eigenvalue weighted by Gasteiger charge is 2.43. The van der Waals surface area contributed by atoms with Crippen LogP contribution in [0.2, 0.25) is 0 Å². The molecule has 3 nitrogen and oxygen atoms in total. The van der Waals surface area contributed by atoms with E-state index in [0.29, 0.717) is 17.5 Å². The van der Waals surface area contributed by atoms with E-state index in [0.717, 1.165) is 19.6 Å². The number of ether oxygens (including phenoxy) is 1. The molecule has 0 radical (unpaired) electrons. The Kier molecular flexibility index (Phi) is 8.84. The third-order valence-electron chi connectivity index (χ3n) is 5.50. The second-order valence-electron chi connectivity index (χ2n) is 6.70. The molecule has 1 rings (SSSR count). The molecule has 3 heteroatoms. The van der Waals surface area contributed by atoms with Gasteiger partial charge in [-0.05, 0) is 64.1 Å². The summed E-state index contributed by atoms with van der Waals surface area (Å²) in [7, 11) is 1.81. The lowest BCUT2D eigenvalue weighted by Gasteiger charge is -2.49. The van der Waals surface area contributed by atoms with Gasteiger partial charge in [0.2, 0.25) is 0 Å². The van der Waals surface area contributed by atoms with E-state index in [9.17, 15) is 0 Å². The summed E-state index contributed by atoms with van der Waals surface area (Å²) in [5.41, 5.74) is 0.318. The minimum Gasteiger partial charge on any atom is -0.385 e. The SMILES string of the molecule is CCCNC(C(C)CCOC)C(CC)(CC)N1CCCC1. The molecule has 21 heavy (non-hydrogen) atoms. The summed E-state index contributed by atoms with van der Waals surface area (Å²) >= 11 is 0. The third-order valence-corrected chi connectivity index (χ3v) is 5.50. The zero-order valence-corrected chi connectivity index (χ0v) is 15.1. The average Bonchev–Trinajstić information content (AvgIpc) is 3.04. The topological polar surface area (TPSA) is 24.5 Å². The first-order chi connectivity index (χ1) is 10.2. The van der Waals surface area contributed by atoms with Gasteiger partial charge in [0.05, 0.1) is 0 Å². The molecule has 2 unspecified atom stereocenters. The Bertz CT molecular complexity index is 260. The Labute approximate surface area is 132 Å². The van der Waals surface area contributed by atoms with Crippen LogP contribution >= 0.6 is 0 Å². The smallest absolute Gasteiger partial charge is 0.0465 e. The molecule has 1 aliphatic heterocycles. The molecular weight excluding hydrogens is 260 g/mol. The van der Waals surface area contributed by atoms with Crippen molar-refractivity contribution in [3.63, 3.8) is 0 Å². The van der Waals surface area contributed by atoms with Crippen LogP contribution in [0.15, 0.2) is 0 Å². The van der Waals surface area contributed by atoms with Gasteiger partial charge < -0.3 is 10.1 Å². The minimum atomic E-state index is 0.318. The fourth-order valence-corrected chi connectivity index (χ4v) is 4.19. The van der Waals surface area contributed by atoms with Crippen LogP contribution in [0.5, 0.6) is 0 Å². The molecule has 1 fully saturated rings. The van der Waals surface area contributed by atoms with Gasteiger partial charge in [-0.3, -0.25) is 4.90 Å². The predicted octanol–water partition coefficient (Wildman–Crippen LogP) is 3.68. The number of hydrogen-bond donors (Lipinski definition) is 1. The van der Waals surface area contributed by atoms with Gasteiger partial charge in [-0.1, -0.05) is 27.7 Å². The molecule has 0 spiro atoms. The van der Waals surface area contributed by atoms with Crippen LogP contribution < -0.4 is 5.32 Å². The van der Waals surface area contributed by atoms with Crippen LogP contribution in [-0.4, -0.2) is 49.8 Å². The van der Waals surface area contributed by atoms with Crippen LogP contribution in [0.1, 0.15) is 66.2 Å². The average molecular weight is 299 g/mol. The predicted molar refractivity (Wildman–Crippen MR) is 91.9 cm³/mol. The van der Waals surface area contributed by atoms with Crippen LogP contribution in [0.4, 0.5) is 0 Å². The molecule has 0 aromatic carbocycles. The van der Waals surface area contributed by atoms with Crippen molar-refractivity contribution in [2.45, 2.75) is 77.8 Å². The molecular formula is C18H38N2O. The Balaban J connectivity index is 2.92. The minimum absolute atomic E-state index is 0.318. The highest BCUT2D eigenvalue weighted by Crippen LogP contribution is 2.35. The van der Waals surface area contributed by atoms with E-state index in [-0.39, 0.29) is 0 Å². The number of nitrogens with one attached hydrogen (secondary N) is 1. The van der Waals surface area contributed by atoms with Gasteiger partial charge in [0, 0.05) is 25.3 Å². The molecule has 126 valence electrons. The van der Waals surface area contributed by atoms with Crippen molar-refractivity contribution in [1.29, 1.82) is 0 Å². The van der Waals surface area contributed by atoms with Crippen LogP contribution in [-0.2, 0) is 4.74 Å². The Morgan fingerprint density at radius 3 is 2.24 bits per heavy atom. The highest BCUT2D eigenvalue weighted by atomic mass is 16.5. The summed E-state index contributed by atoms with van der Waals surface area (Å²) in [4.78, 5) is 2.78. The molecule has 1 aliphatic rings. The third kappa shape index (κ3) is 4.67. The summed E-state index contributed by atoms with van der Waals surface area (Å²) in [5.74, 6) is 0.650. The summed E-state index contributed by atoms with van der Waals surface area (Å²) in [6.45, 7) is 14.0. The Hall–Kier alpha value is -0.120. The lowest BCUT2D eigenvalue weighted by Crippen LogP contribution is -2.62. The second kappa shape index (κ2) is 9.81. The number of likely N-dealkylation sites (tertiary alicyclic amines) is 1. The molecule has 0 aromatic rings. The quantitative estimate of drug-likeness (QED) is 0.630. The molecule has 1 N–H and O–H groups in total. The molecule has 0 aromatic heterocycles. The van der Waals surface area contributed by atoms with Gasteiger partial charge >= 0.3 is 0 Å². The summed E-state index contributed by atoms with van der Waals surface area (Å²) in [6, 6.07) is 0.570. The van der Waals surface area contributed by atoms with Crippen molar-refractivity contribution < 1.29 is 4.74 Å². The van der Waals surface area contributed by atoms with E-state index >= 15 is 0 Å². The maximum absolute atomic E-state index is 5.33. The lowest BCUT2D eigenvalue weighted by atomic mass is 9.76. The highest BCUT2D eigenvalue weighted by molar-refractivity contribution is 5.02. The first kappa shape index (κ1) is 18.9. The van der Waals surface area contributed by atoms with Crippen LogP contribution in [0, 0.1) is 5.92 Å². The Morgan fingerprint density at radius 1 is 1.14 bits per heavy atom. The first-order valence-electron chi connectivity index (χ1n) is 9.13. The zero-order chi connectivity index (χ0) is 15.7. The monoisotopic (exact) mass is 298 g/mol. The number of rotatable bonds is 11. The van der Waals surface area contributed by atoms with Gasteiger partial charge in [0.1, 0.15) is 0 Å². The Morgan fingerprint density at radius 2 is 1.76 bits per heavy atom. The molecule has 0 saturated carbocycles. The van der Waals surface area contributed by atoms with Gasteiger partial charge in [-0.15, -0.1) is 0 Å². The largest absolute Gasteiger partial charge is 0.385 e. The maximum Gasteiger partial charge on any atom is 0.0465 e. The van der Waals surface area contributed by atoms with Crippen LogP contribution in [0.3, 0.4) is 0 Å². The van der Waals surface area contributed by atoms with Crippen molar-refractivity contribution >= 4 is 0 Å². The van der Waals surface area contributed by atoms with Crippen molar-refractivity contribution in [1.82, 2.24) is 10.2 Å². The van der Waals surface area contributed by atoms with Gasteiger partial charge in [-0.25, -0.2) is 0 Å². The number of hydrogen-bond acceptors (Lipinski definition) is 3. The zero-order valence-electron chi connectivity index (χ0n) is 15.1. The molecule has 0 bridgehead atoms. The van der Waals surface area contributed by atoms with Crippen LogP contribution in [0.25, 0.3) is 0 Å². The van der Waals surface area contributed by atoms with E-state index in [1.165, 1.54) is 45.2 Å². The number of methoxy groups -OCH3 is 1. The van der Waals surface area contributed by atoms with E-state index in [2.05, 4.69) is 37.9 Å².